The van der Waals surface area contributed by atoms with Crippen LogP contribution in [0.25, 0.3) is 11.6 Å². The monoisotopic (exact) mass is 443 g/mol. The van der Waals surface area contributed by atoms with E-state index < -0.39 is 5.97 Å². The van der Waals surface area contributed by atoms with Crippen LogP contribution in [0.5, 0.6) is 11.5 Å². The highest BCUT2D eigenvalue weighted by Gasteiger charge is 2.15. The number of halogens is 1. The lowest BCUT2D eigenvalue weighted by molar-refractivity contribution is 0.0697. The summed E-state index contributed by atoms with van der Waals surface area (Å²) in [6.45, 7) is 6.42. The Hall–Kier alpha value is -2.78. The van der Waals surface area contributed by atoms with Gasteiger partial charge in [-0.2, -0.15) is 5.26 Å². The third-order valence-corrected chi connectivity index (χ3v) is 4.69. The van der Waals surface area contributed by atoms with E-state index >= 15 is 0 Å². The summed E-state index contributed by atoms with van der Waals surface area (Å²) in [6.07, 6.45) is 2.64. The molecule has 1 N–H and O–H groups in total. The maximum absolute atomic E-state index is 11.0. The van der Waals surface area contributed by atoms with Crippen LogP contribution in [0, 0.1) is 11.3 Å². The van der Waals surface area contributed by atoms with Crippen molar-refractivity contribution in [3.8, 4) is 17.6 Å². The first-order chi connectivity index (χ1) is 13.4. The van der Waals surface area contributed by atoms with Crippen molar-refractivity contribution in [2.24, 2.45) is 0 Å². The first kappa shape index (κ1) is 21.5. The average molecular weight is 444 g/mol. The topological polar surface area (TPSA) is 79.5 Å². The summed E-state index contributed by atoms with van der Waals surface area (Å²) in [5.74, 6) is 0.232. The summed E-state index contributed by atoms with van der Waals surface area (Å²) < 4.78 is 12.4. The summed E-state index contributed by atoms with van der Waals surface area (Å²) >= 11 is 3.54. The lowest BCUT2D eigenvalue weighted by Crippen LogP contribution is -2.11. The molecule has 28 heavy (non-hydrogen) atoms. The first-order valence-corrected chi connectivity index (χ1v) is 9.77. The number of nitrogens with zero attached hydrogens (tertiary/aromatic N) is 1. The third-order valence-electron chi connectivity index (χ3n) is 4.10. The van der Waals surface area contributed by atoms with Gasteiger partial charge in [-0.25, -0.2) is 4.79 Å². The Balaban J connectivity index is 2.44. The molecule has 0 aliphatic carbocycles. The number of ether oxygens (including phenoxy) is 2. The average Bonchev–Trinajstić information content (AvgIpc) is 2.68. The van der Waals surface area contributed by atoms with E-state index in [0.29, 0.717) is 29.2 Å². The number of carbonyl (C=O) groups is 1. The first-order valence-electron chi connectivity index (χ1n) is 8.98. The maximum atomic E-state index is 11.0. The Morgan fingerprint density at radius 1 is 1.25 bits per heavy atom. The SMILES string of the molecule is CCOc1cc(/C=C(/C#N)c2ccc(C(=O)O)cc2)cc(Br)c1O[C@@H](C)CC. The van der Waals surface area contributed by atoms with Crippen molar-refractivity contribution in [1.29, 1.82) is 5.26 Å². The van der Waals surface area contributed by atoms with Gasteiger partial charge in [-0.3, -0.25) is 0 Å². The predicted molar refractivity (Wildman–Crippen MR) is 113 cm³/mol. The van der Waals surface area contributed by atoms with Gasteiger partial charge < -0.3 is 14.6 Å². The highest BCUT2D eigenvalue weighted by atomic mass is 79.9. The van der Waals surface area contributed by atoms with Crippen LogP contribution in [0.1, 0.15) is 48.7 Å². The van der Waals surface area contributed by atoms with Crippen LogP contribution >= 0.6 is 15.9 Å². The quantitative estimate of drug-likeness (QED) is 0.412. The van der Waals surface area contributed by atoms with E-state index in [9.17, 15) is 10.1 Å². The molecule has 0 spiro atoms. The molecule has 6 heteroatoms. The number of aromatic carboxylic acids is 1. The zero-order chi connectivity index (χ0) is 20.7. The highest BCUT2D eigenvalue weighted by Crippen LogP contribution is 2.38. The molecule has 0 heterocycles. The van der Waals surface area contributed by atoms with E-state index in [1.54, 1.807) is 18.2 Å². The number of carboxylic acid groups (broad SMARTS) is 1. The van der Waals surface area contributed by atoms with Crippen LogP contribution in [-0.2, 0) is 0 Å². The van der Waals surface area contributed by atoms with Gasteiger partial charge >= 0.3 is 5.97 Å². The van der Waals surface area contributed by atoms with Crippen LogP contribution in [0.3, 0.4) is 0 Å². The van der Waals surface area contributed by atoms with Crippen LogP contribution in [0.4, 0.5) is 0 Å². The van der Waals surface area contributed by atoms with Gasteiger partial charge in [0.2, 0.25) is 0 Å². The van der Waals surface area contributed by atoms with Gasteiger partial charge in [-0.05, 0) is 77.7 Å². The van der Waals surface area contributed by atoms with E-state index in [1.807, 2.05) is 32.9 Å². The van der Waals surface area contributed by atoms with Crippen molar-refractivity contribution >= 4 is 33.5 Å². The highest BCUT2D eigenvalue weighted by molar-refractivity contribution is 9.10. The molecule has 2 rings (SSSR count). The van der Waals surface area contributed by atoms with Crippen molar-refractivity contribution in [3.63, 3.8) is 0 Å². The van der Waals surface area contributed by atoms with Crippen LogP contribution in [0.2, 0.25) is 0 Å². The van der Waals surface area contributed by atoms with E-state index in [1.165, 1.54) is 12.1 Å². The van der Waals surface area contributed by atoms with Gasteiger partial charge in [0.1, 0.15) is 0 Å². The molecule has 2 aromatic carbocycles. The minimum atomic E-state index is -1.00. The van der Waals surface area contributed by atoms with Crippen molar-refractivity contribution in [2.75, 3.05) is 6.61 Å². The Bertz CT molecular complexity index is 913. The summed E-state index contributed by atoms with van der Waals surface area (Å²) in [5.41, 5.74) is 2.00. The van der Waals surface area contributed by atoms with Crippen molar-refractivity contribution in [3.05, 3.63) is 57.6 Å². The second kappa shape index (κ2) is 9.95. The maximum Gasteiger partial charge on any atom is 0.335 e. The second-order valence-corrected chi connectivity index (χ2v) is 7.01. The van der Waals surface area contributed by atoms with Gasteiger partial charge in [0.05, 0.1) is 34.4 Å². The fourth-order valence-electron chi connectivity index (χ4n) is 2.47. The molecule has 0 saturated carbocycles. The molecule has 0 unspecified atom stereocenters. The molecule has 0 radical (unpaired) electrons. The van der Waals surface area contributed by atoms with Crippen molar-refractivity contribution in [1.82, 2.24) is 0 Å². The van der Waals surface area contributed by atoms with Crippen LogP contribution in [-0.4, -0.2) is 23.8 Å². The van der Waals surface area contributed by atoms with Crippen molar-refractivity contribution < 1.29 is 19.4 Å². The number of carboxylic acids is 1. The predicted octanol–water partition coefficient (Wildman–Crippen LogP) is 5.79. The molecule has 0 amide bonds. The normalized spacial score (nSPS) is 12.2. The zero-order valence-corrected chi connectivity index (χ0v) is 17.6. The third kappa shape index (κ3) is 5.37. The van der Waals surface area contributed by atoms with Crippen LogP contribution < -0.4 is 9.47 Å². The molecule has 0 saturated heterocycles. The van der Waals surface area contributed by atoms with Crippen LogP contribution in [0.15, 0.2) is 40.9 Å². The van der Waals surface area contributed by atoms with Crippen molar-refractivity contribution in [2.45, 2.75) is 33.3 Å². The number of nitriles is 1. The molecule has 1 atom stereocenters. The van der Waals surface area contributed by atoms with E-state index in [4.69, 9.17) is 14.6 Å². The number of hydrogen-bond acceptors (Lipinski definition) is 4. The van der Waals surface area contributed by atoms with E-state index in [-0.39, 0.29) is 11.7 Å². The summed E-state index contributed by atoms with van der Waals surface area (Å²) in [5, 5.41) is 18.6. The molecule has 0 fully saturated rings. The minimum Gasteiger partial charge on any atom is -0.490 e. The Morgan fingerprint density at radius 2 is 1.89 bits per heavy atom. The molecule has 0 aromatic heterocycles. The summed E-state index contributed by atoms with van der Waals surface area (Å²) in [4.78, 5) is 11.0. The second-order valence-electron chi connectivity index (χ2n) is 6.15. The Kier molecular flexibility index (Phi) is 7.65. The zero-order valence-electron chi connectivity index (χ0n) is 16.0. The lowest BCUT2D eigenvalue weighted by Gasteiger charge is -2.18. The number of hydrogen-bond donors (Lipinski definition) is 1. The summed E-state index contributed by atoms with van der Waals surface area (Å²) in [7, 11) is 0. The fourth-order valence-corrected chi connectivity index (χ4v) is 3.03. The van der Waals surface area contributed by atoms with Gasteiger partial charge in [-0.1, -0.05) is 19.1 Å². The molecular weight excluding hydrogens is 422 g/mol. The molecule has 146 valence electrons. The smallest absolute Gasteiger partial charge is 0.335 e. The summed E-state index contributed by atoms with van der Waals surface area (Å²) in [6, 6.07) is 12.1. The number of rotatable bonds is 8. The largest absolute Gasteiger partial charge is 0.490 e. The van der Waals surface area contributed by atoms with Gasteiger partial charge in [0.15, 0.2) is 11.5 Å². The molecule has 5 nitrogen and oxygen atoms in total. The number of allylic oxidation sites excluding steroid dienone is 1. The number of benzene rings is 2. The van der Waals surface area contributed by atoms with Gasteiger partial charge in [0, 0.05) is 0 Å². The standard InChI is InChI=1S/C22H22BrNO4/c1-4-14(3)28-21-19(23)11-15(12-20(21)27-5-2)10-18(13-24)16-6-8-17(9-7-16)22(25)26/h6-12,14H,4-5H2,1-3H3,(H,25,26)/b18-10-/t14-/m0/s1. The molecular formula is C22H22BrNO4. The van der Waals surface area contributed by atoms with E-state index in [0.717, 1.165) is 16.5 Å². The molecule has 0 bridgehead atoms. The van der Waals surface area contributed by atoms with Gasteiger partial charge in [0.25, 0.3) is 0 Å². The Labute approximate surface area is 173 Å². The lowest BCUT2D eigenvalue weighted by atomic mass is 10.0. The molecule has 2 aromatic rings. The van der Waals surface area contributed by atoms with E-state index in [2.05, 4.69) is 22.0 Å². The van der Waals surface area contributed by atoms with Gasteiger partial charge in [-0.15, -0.1) is 0 Å². The molecule has 0 aliphatic rings. The Morgan fingerprint density at radius 3 is 2.43 bits per heavy atom. The minimum absolute atomic E-state index is 0.0410. The molecule has 0 aliphatic heterocycles. The fraction of sp³-hybridized carbons (Fsp3) is 0.273.